The number of hydrogen-bond acceptors (Lipinski definition) is 6. The maximum Gasteiger partial charge on any atom is 0.269 e. The smallest absolute Gasteiger partial charge is 0.269 e. The van der Waals surface area contributed by atoms with Crippen molar-refractivity contribution in [2.45, 2.75) is 11.3 Å². The number of carbonyl (C=O) groups is 1. The van der Waals surface area contributed by atoms with Crippen molar-refractivity contribution in [3.63, 3.8) is 0 Å². The minimum Gasteiger partial charge on any atom is -0.410 e. The number of nitrogens with one attached hydrogen (secondary N) is 1. The van der Waals surface area contributed by atoms with Crippen LogP contribution >= 0.6 is 21.6 Å². The van der Waals surface area contributed by atoms with Crippen molar-refractivity contribution in [1.29, 1.82) is 0 Å². The SMILES string of the molecule is Nc1ccc(SSCCNC(=O)/C(Cc2ccc(F)cc2)=N\O)cc1. The minimum absolute atomic E-state index is 0.0113. The van der Waals surface area contributed by atoms with E-state index in [0.717, 1.165) is 10.6 Å². The molecule has 0 aliphatic carbocycles. The molecule has 132 valence electrons. The molecule has 0 spiro atoms. The van der Waals surface area contributed by atoms with E-state index in [1.807, 2.05) is 24.3 Å². The molecule has 0 atom stereocenters. The molecule has 2 aromatic rings. The van der Waals surface area contributed by atoms with Crippen molar-refractivity contribution in [3.05, 3.63) is 59.9 Å². The highest BCUT2D eigenvalue weighted by atomic mass is 33.1. The Hall–Kier alpha value is -2.19. The fraction of sp³-hybridized carbons (Fsp3) is 0.176. The summed E-state index contributed by atoms with van der Waals surface area (Å²) >= 11 is 0. The van der Waals surface area contributed by atoms with Gasteiger partial charge in [0.1, 0.15) is 11.5 Å². The Morgan fingerprint density at radius 1 is 1.16 bits per heavy atom. The Morgan fingerprint density at radius 3 is 2.48 bits per heavy atom. The molecule has 4 N–H and O–H groups in total. The molecular weight excluding hydrogens is 361 g/mol. The van der Waals surface area contributed by atoms with Crippen LogP contribution in [0, 0.1) is 5.82 Å². The van der Waals surface area contributed by atoms with Crippen molar-refractivity contribution in [1.82, 2.24) is 5.32 Å². The third-order valence-electron chi connectivity index (χ3n) is 3.17. The van der Waals surface area contributed by atoms with Crippen molar-refractivity contribution in [3.8, 4) is 0 Å². The molecule has 0 fully saturated rings. The van der Waals surface area contributed by atoms with E-state index in [1.54, 1.807) is 33.7 Å². The average molecular weight is 379 g/mol. The average Bonchev–Trinajstić information content (AvgIpc) is 2.62. The summed E-state index contributed by atoms with van der Waals surface area (Å²) in [4.78, 5) is 13.1. The van der Waals surface area contributed by atoms with E-state index in [0.29, 0.717) is 17.9 Å². The van der Waals surface area contributed by atoms with Crippen LogP contribution in [0.1, 0.15) is 5.56 Å². The second-order valence-corrected chi connectivity index (χ2v) is 7.57. The Bertz CT molecular complexity index is 722. The largest absolute Gasteiger partial charge is 0.410 e. The lowest BCUT2D eigenvalue weighted by atomic mass is 10.1. The molecule has 0 saturated heterocycles. The lowest BCUT2D eigenvalue weighted by molar-refractivity contribution is -0.114. The summed E-state index contributed by atoms with van der Waals surface area (Å²) in [6.45, 7) is 0.438. The fourth-order valence-corrected chi connectivity index (χ4v) is 3.79. The molecule has 0 bridgehead atoms. The molecule has 0 aliphatic rings. The van der Waals surface area contributed by atoms with Crippen molar-refractivity contribution in [2.24, 2.45) is 5.16 Å². The van der Waals surface area contributed by atoms with Crippen LogP contribution in [0.4, 0.5) is 10.1 Å². The van der Waals surface area contributed by atoms with Crippen molar-refractivity contribution < 1.29 is 14.4 Å². The molecule has 0 aliphatic heterocycles. The highest BCUT2D eigenvalue weighted by Gasteiger charge is 2.12. The van der Waals surface area contributed by atoms with Gasteiger partial charge in [-0.2, -0.15) is 0 Å². The summed E-state index contributed by atoms with van der Waals surface area (Å²) in [6.07, 6.45) is 0.135. The zero-order chi connectivity index (χ0) is 18.1. The molecule has 25 heavy (non-hydrogen) atoms. The molecule has 0 saturated carbocycles. The van der Waals surface area contributed by atoms with Gasteiger partial charge in [0.05, 0.1) is 0 Å². The van der Waals surface area contributed by atoms with Gasteiger partial charge in [0.2, 0.25) is 0 Å². The number of nitrogens with zero attached hydrogens (tertiary/aromatic N) is 1. The van der Waals surface area contributed by atoms with Gasteiger partial charge < -0.3 is 16.3 Å². The van der Waals surface area contributed by atoms with E-state index in [2.05, 4.69) is 10.5 Å². The molecular formula is C17H18FN3O2S2. The molecule has 1 amide bonds. The van der Waals surface area contributed by atoms with E-state index in [9.17, 15) is 9.18 Å². The van der Waals surface area contributed by atoms with Gasteiger partial charge >= 0.3 is 0 Å². The van der Waals surface area contributed by atoms with Gasteiger partial charge in [-0.25, -0.2) is 4.39 Å². The zero-order valence-electron chi connectivity index (χ0n) is 13.3. The van der Waals surface area contributed by atoms with Crippen LogP contribution in [0.5, 0.6) is 0 Å². The standard InChI is InChI=1S/C17H18FN3O2S2/c18-13-3-1-12(2-4-13)11-16(21-23)17(22)20-9-10-24-25-15-7-5-14(19)6-8-15/h1-8,23H,9-11,19H2,(H,20,22)/b21-16-. The Labute approximate surface area is 153 Å². The second kappa shape index (κ2) is 9.95. The van der Waals surface area contributed by atoms with Gasteiger partial charge in [-0.05, 0) is 42.0 Å². The van der Waals surface area contributed by atoms with Gasteiger partial charge in [-0.3, -0.25) is 4.79 Å². The number of nitrogens with two attached hydrogens (primary N) is 1. The van der Waals surface area contributed by atoms with Crippen LogP contribution in [-0.2, 0) is 11.2 Å². The predicted octanol–water partition coefficient (Wildman–Crippen LogP) is 3.34. The quantitative estimate of drug-likeness (QED) is 0.164. The normalized spacial score (nSPS) is 11.3. The van der Waals surface area contributed by atoms with Crippen LogP contribution in [0.3, 0.4) is 0 Å². The molecule has 2 rings (SSSR count). The summed E-state index contributed by atoms with van der Waals surface area (Å²) in [6, 6.07) is 13.2. The number of hydrogen-bond donors (Lipinski definition) is 3. The third kappa shape index (κ3) is 6.67. The maximum absolute atomic E-state index is 12.9. The number of oxime groups is 1. The van der Waals surface area contributed by atoms with Crippen LogP contribution in [0.25, 0.3) is 0 Å². The topological polar surface area (TPSA) is 87.7 Å². The molecule has 0 heterocycles. The van der Waals surface area contributed by atoms with Crippen molar-refractivity contribution in [2.75, 3.05) is 18.0 Å². The first-order valence-electron chi connectivity index (χ1n) is 7.47. The van der Waals surface area contributed by atoms with Crippen LogP contribution in [0.15, 0.2) is 58.6 Å². The van der Waals surface area contributed by atoms with E-state index >= 15 is 0 Å². The number of anilines is 1. The fourth-order valence-electron chi connectivity index (χ4n) is 1.90. The van der Waals surface area contributed by atoms with E-state index in [4.69, 9.17) is 10.9 Å². The lowest BCUT2D eigenvalue weighted by Gasteiger charge is -2.07. The van der Waals surface area contributed by atoms with Crippen molar-refractivity contribution >= 4 is 38.9 Å². The number of halogens is 1. The lowest BCUT2D eigenvalue weighted by Crippen LogP contribution is -2.33. The number of nitrogen functional groups attached to an aromatic ring is 1. The highest BCUT2D eigenvalue weighted by Crippen LogP contribution is 2.30. The summed E-state index contributed by atoms with van der Waals surface area (Å²) in [5, 5.41) is 14.8. The number of benzene rings is 2. The van der Waals surface area contributed by atoms with E-state index < -0.39 is 5.91 Å². The first-order valence-corrected chi connectivity index (χ1v) is 9.79. The molecule has 5 nitrogen and oxygen atoms in total. The van der Waals surface area contributed by atoms with Gasteiger partial charge in [0.15, 0.2) is 0 Å². The minimum atomic E-state index is -0.440. The first kappa shape index (κ1) is 19.1. The molecule has 2 aromatic carbocycles. The van der Waals surface area contributed by atoms with Gasteiger partial charge in [0.25, 0.3) is 5.91 Å². The summed E-state index contributed by atoms with van der Waals surface area (Å²) in [7, 11) is 3.19. The number of rotatable bonds is 8. The third-order valence-corrected chi connectivity index (χ3v) is 5.56. The van der Waals surface area contributed by atoms with E-state index in [1.165, 1.54) is 12.1 Å². The Kier molecular flexibility index (Phi) is 7.62. The summed E-state index contributed by atoms with van der Waals surface area (Å²) in [5.41, 5.74) is 7.03. The Balaban J connectivity index is 1.71. The molecule has 8 heteroatoms. The summed E-state index contributed by atoms with van der Waals surface area (Å²) in [5.74, 6) is -0.105. The zero-order valence-corrected chi connectivity index (χ0v) is 14.9. The second-order valence-electron chi connectivity index (χ2n) is 5.08. The summed E-state index contributed by atoms with van der Waals surface area (Å²) < 4.78 is 12.9. The highest BCUT2D eigenvalue weighted by molar-refractivity contribution is 8.76. The molecule has 0 radical (unpaired) electrons. The molecule has 0 unspecified atom stereocenters. The predicted molar refractivity (Wildman–Crippen MR) is 102 cm³/mol. The van der Waals surface area contributed by atoms with Crippen LogP contribution in [-0.4, -0.2) is 29.1 Å². The van der Waals surface area contributed by atoms with Gasteiger partial charge in [0, 0.05) is 29.3 Å². The monoisotopic (exact) mass is 379 g/mol. The van der Waals surface area contributed by atoms with E-state index in [-0.39, 0.29) is 17.9 Å². The Morgan fingerprint density at radius 2 is 1.84 bits per heavy atom. The number of carbonyl (C=O) groups excluding carboxylic acids is 1. The van der Waals surface area contributed by atoms with Gasteiger partial charge in [-0.15, -0.1) is 0 Å². The van der Waals surface area contributed by atoms with Crippen LogP contribution in [0.2, 0.25) is 0 Å². The number of amides is 1. The maximum atomic E-state index is 12.9. The molecule has 0 aromatic heterocycles. The van der Waals surface area contributed by atoms with Crippen LogP contribution < -0.4 is 11.1 Å². The first-order chi connectivity index (χ1) is 12.1. The van der Waals surface area contributed by atoms with Gasteiger partial charge in [-0.1, -0.05) is 38.9 Å².